The van der Waals surface area contributed by atoms with Crippen molar-refractivity contribution >= 4 is 6.29 Å². The number of piperidine rings is 1. The van der Waals surface area contributed by atoms with Gasteiger partial charge in [-0.05, 0) is 81.7 Å². The van der Waals surface area contributed by atoms with Crippen LogP contribution in [0.1, 0.15) is 77.8 Å². The molecule has 0 N–H and O–H groups in total. The van der Waals surface area contributed by atoms with Crippen LogP contribution in [0, 0.1) is 0 Å². The van der Waals surface area contributed by atoms with E-state index in [1.165, 1.54) is 36.8 Å². The van der Waals surface area contributed by atoms with E-state index in [1.54, 1.807) is 0 Å². The van der Waals surface area contributed by atoms with Gasteiger partial charge < -0.3 is 9.69 Å². The molecule has 2 rings (SSSR count). The molecule has 1 aromatic carbocycles. The Balaban J connectivity index is 1.76. The van der Waals surface area contributed by atoms with Gasteiger partial charge in [0.2, 0.25) is 0 Å². The van der Waals surface area contributed by atoms with Crippen LogP contribution in [0.25, 0.3) is 0 Å². The number of likely N-dealkylation sites (N-methyl/N-ethyl adjacent to an activating group) is 1. The number of carbonyl (C=O) groups excluding carboxylic acids is 1. The molecule has 3 nitrogen and oxygen atoms in total. The molecular formula is C25H42N2O. The molecule has 1 heterocycles. The van der Waals surface area contributed by atoms with Gasteiger partial charge in [-0.15, -0.1) is 0 Å². The third-order valence-corrected chi connectivity index (χ3v) is 6.34. The van der Waals surface area contributed by atoms with Crippen LogP contribution >= 0.6 is 0 Å². The Morgan fingerprint density at radius 2 is 1.89 bits per heavy atom. The lowest BCUT2D eigenvalue weighted by Crippen LogP contribution is -2.41. The highest BCUT2D eigenvalue weighted by Gasteiger charge is 2.21. The lowest BCUT2D eigenvalue weighted by molar-refractivity contribution is -0.113. The molecule has 0 bridgehead atoms. The molecule has 1 fully saturated rings. The monoisotopic (exact) mass is 386 g/mol. The third kappa shape index (κ3) is 7.00. The number of unbranched alkanes of at least 4 members (excludes halogenated alkanes) is 1. The van der Waals surface area contributed by atoms with Crippen molar-refractivity contribution in [2.24, 2.45) is 0 Å². The van der Waals surface area contributed by atoms with Crippen molar-refractivity contribution in [1.82, 2.24) is 9.80 Å². The van der Waals surface area contributed by atoms with Crippen molar-refractivity contribution < 1.29 is 4.79 Å². The van der Waals surface area contributed by atoms with Crippen molar-refractivity contribution in [3.63, 3.8) is 0 Å². The van der Waals surface area contributed by atoms with Crippen LogP contribution < -0.4 is 0 Å². The van der Waals surface area contributed by atoms with Gasteiger partial charge in [-0.25, -0.2) is 0 Å². The first kappa shape index (κ1) is 23.1. The third-order valence-electron chi connectivity index (χ3n) is 6.34. The molecule has 3 heteroatoms. The Morgan fingerprint density at radius 1 is 1.18 bits per heavy atom. The quantitative estimate of drug-likeness (QED) is 0.414. The predicted octanol–water partition coefficient (Wildman–Crippen LogP) is 5.07. The van der Waals surface area contributed by atoms with Gasteiger partial charge in [0.25, 0.3) is 0 Å². The highest BCUT2D eigenvalue weighted by Crippen LogP contribution is 2.23. The Kier molecular flexibility index (Phi) is 9.17. The second-order valence-electron chi connectivity index (χ2n) is 9.57. The fraction of sp³-hybridized carbons (Fsp3) is 0.720. The molecule has 1 aromatic rings. The van der Waals surface area contributed by atoms with Crippen molar-refractivity contribution in [2.45, 2.75) is 90.6 Å². The van der Waals surface area contributed by atoms with Crippen molar-refractivity contribution in [1.29, 1.82) is 0 Å². The molecular weight excluding hydrogens is 344 g/mol. The number of carbonyl (C=O) groups is 1. The minimum absolute atomic E-state index is 0.172. The van der Waals surface area contributed by atoms with Crippen LogP contribution in [0.15, 0.2) is 24.3 Å². The second kappa shape index (κ2) is 11.1. The Hall–Kier alpha value is -1.19. The summed E-state index contributed by atoms with van der Waals surface area (Å²) in [6, 6.07) is 9.93. The van der Waals surface area contributed by atoms with Gasteiger partial charge in [0.05, 0.1) is 6.04 Å². The van der Waals surface area contributed by atoms with Gasteiger partial charge in [-0.2, -0.15) is 0 Å². The lowest BCUT2D eigenvalue weighted by Gasteiger charge is -2.33. The summed E-state index contributed by atoms with van der Waals surface area (Å²) >= 11 is 0. The topological polar surface area (TPSA) is 23.6 Å². The van der Waals surface area contributed by atoms with Crippen LogP contribution in [0.3, 0.4) is 0 Å². The number of likely N-dealkylation sites (tertiary alicyclic amines) is 1. The SMILES string of the molecule is CCN(CCCCN1CCCCC1C=O)C(C)Cc1ccc(C(C)(C)C)cc1. The first-order chi connectivity index (χ1) is 13.3. The molecule has 0 amide bonds. The number of aldehydes is 1. The van der Waals surface area contributed by atoms with E-state index in [-0.39, 0.29) is 11.5 Å². The van der Waals surface area contributed by atoms with Gasteiger partial charge in [-0.1, -0.05) is 58.4 Å². The molecule has 1 aliphatic heterocycles. The summed E-state index contributed by atoms with van der Waals surface area (Å²) in [4.78, 5) is 16.2. The van der Waals surface area contributed by atoms with E-state index >= 15 is 0 Å². The molecule has 158 valence electrons. The van der Waals surface area contributed by atoms with E-state index in [9.17, 15) is 4.79 Å². The van der Waals surface area contributed by atoms with Gasteiger partial charge >= 0.3 is 0 Å². The average Bonchev–Trinajstić information content (AvgIpc) is 2.68. The summed E-state index contributed by atoms with van der Waals surface area (Å²) in [6.45, 7) is 15.9. The highest BCUT2D eigenvalue weighted by molar-refractivity contribution is 5.57. The summed E-state index contributed by atoms with van der Waals surface area (Å²) in [5, 5.41) is 0. The van der Waals surface area contributed by atoms with E-state index in [0.717, 1.165) is 45.3 Å². The molecule has 28 heavy (non-hydrogen) atoms. The van der Waals surface area contributed by atoms with E-state index < -0.39 is 0 Å². The summed E-state index contributed by atoms with van der Waals surface area (Å²) in [5.41, 5.74) is 3.06. The van der Waals surface area contributed by atoms with E-state index in [4.69, 9.17) is 0 Å². The van der Waals surface area contributed by atoms with E-state index in [0.29, 0.717) is 6.04 Å². The molecule has 2 atom stereocenters. The van der Waals surface area contributed by atoms with Crippen LogP contribution in [-0.4, -0.2) is 54.3 Å². The highest BCUT2D eigenvalue weighted by atomic mass is 16.1. The zero-order valence-electron chi connectivity index (χ0n) is 18.9. The molecule has 1 saturated heterocycles. The normalized spacial score (nSPS) is 19.7. The first-order valence-electron chi connectivity index (χ1n) is 11.4. The Morgan fingerprint density at radius 3 is 2.50 bits per heavy atom. The summed E-state index contributed by atoms with van der Waals surface area (Å²) < 4.78 is 0. The largest absolute Gasteiger partial charge is 0.302 e. The number of rotatable bonds is 10. The van der Waals surface area contributed by atoms with Crippen LogP contribution in [0.2, 0.25) is 0 Å². The standard InChI is InChI=1S/C25H42N2O/c1-6-26(16-9-10-18-27-17-8-7-11-24(27)20-28)21(2)19-22-12-14-23(15-13-22)25(3,4)5/h12-15,20-21,24H,6-11,16-19H2,1-5H3. The minimum Gasteiger partial charge on any atom is -0.302 e. The minimum atomic E-state index is 0.172. The van der Waals surface area contributed by atoms with E-state index in [2.05, 4.69) is 68.7 Å². The van der Waals surface area contributed by atoms with Crippen molar-refractivity contribution in [2.75, 3.05) is 26.2 Å². The summed E-state index contributed by atoms with van der Waals surface area (Å²) in [6.07, 6.45) is 8.17. The molecule has 0 saturated carbocycles. The average molecular weight is 387 g/mol. The number of nitrogens with zero attached hydrogens (tertiary/aromatic N) is 2. The molecule has 0 radical (unpaired) electrons. The molecule has 0 aromatic heterocycles. The zero-order valence-corrected chi connectivity index (χ0v) is 18.9. The maximum Gasteiger partial charge on any atom is 0.137 e. The van der Waals surface area contributed by atoms with Gasteiger partial charge in [0.15, 0.2) is 0 Å². The Labute approximate surface area is 173 Å². The first-order valence-corrected chi connectivity index (χ1v) is 11.4. The van der Waals surface area contributed by atoms with Crippen LogP contribution in [0.5, 0.6) is 0 Å². The van der Waals surface area contributed by atoms with Gasteiger partial charge in [0, 0.05) is 6.04 Å². The smallest absolute Gasteiger partial charge is 0.137 e. The van der Waals surface area contributed by atoms with E-state index in [1.807, 2.05) is 0 Å². The van der Waals surface area contributed by atoms with Crippen LogP contribution in [-0.2, 0) is 16.6 Å². The van der Waals surface area contributed by atoms with Gasteiger partial charge in [-0.3, -0.25) is 4.90 Å². The second-order valence-corrected chi connectivity index (χ2v) is 9.57. The summed E-state index contributed by atoms with van der Waals surface area (Å²) in [7, 11) is 0. The molecule has 1 aliphatic rings. The predicted molar refractivity (Wildman–Crippen MR) is 120 cm³/mol. The van der Waals surface area contributed by atoms with Crippen LogP contribution in [0.4, 0.5) is 0 Å². The number of benzene rings is 1. The number of hydrogen-bond acceptors (Lipinski definition) is 3. The number of hydrogen-bond donors (Lipinski definition) is 0. The lowest BCUT2D eigenvalue weighted by atomic mass is 9.86. The fourth-order valence-electron chi connectivity index (χ4n) is 4.38. The molecule has 2 unspecified atom stereocenters. The summed E-state index contributed by atoms with van der Waals surface area (Å²) in [5.74, 6) is 0. The maximum atomic E-state index is 11.2. The molecule has 0 aliphatic carbocycles. The fourth-order valence-corrected chi connectivity index (χ4v) is 4.38. The van der Waals surface area contributed by atoms with Crippen molar-refractivity contribution in [3.05, 3.63) is 35.4 Å². The maximum absolute atomic E-state index is 11.2. The Bertz CT molecular complexity index is 575. The van der Waals surface area contributed by atoms with Crippen molar-refractivity contribution in [3.8, 4) is 0 Å². The van der Waals surface area contributed by atoms with Gasteiger partial charge in [0.1, 0.15) is 6.29 Å². The zero-order chi connectivity index (χ0) is 20.6. The molecule has 0 spiro atoms.